The van der Waals surface area contributed by atoms with E-state index in [-0.39, 0.29) is 11.9 Å². The van der Waals surface area contributed by atoms with Crippen LogP contribution in [0.5, 0.6) is 0 Å². The molecule has 0 radical (unpaired) electrons. The Bertz CT molecular complexity index is 621. The number of carboxylic acids is 1. The summed E-state index contributed by atoms with van der Waals surface area (Å²) in [7, 11) is 0. The third kappa shape index (κ3) is 2.19. The number of anilines is 2. The lowest BCUT2D eigenvalue weighted by Crippen LogP contribution is -2.37. The summed E-state index contributed by atoms with van der Waals surface area (Å²) in [5.74, 6) is -0.0401. The maximum Gasteiger partial charge on any atom is 0.306 e. The second-order valence-corrected chi connectivity index (χ2v) is 5.34. The molecule has 2 aromatic heterocycles. The Morgan fingerprint density at radius 2 is 2.16 bits per heavy atom. The van der Waals surface area contributed by atoms with Gasteiger partial charge in [-0.2, -0.15) is 4.98 Å². The molecule has 1 fully saturated rings. The molecule has 19 heavy (non-hydrogen) atoms. The maximum absolute atomic E-state index is 10.9. The fourth-order valence-corrected chi connectivity index (χ4v) is 2.98. The normalized spacial score (nSPS) is 16.9. The number of aliphatic carboxylic acids is 1. The molecule has 0 aliphatic carbocycles. The predicted octanol–water partition coefficient (Wildman–Crippen LogP) is 0.969. The number of nitrogen functional groups attached to an aromatic ring is 1. The predicted molar refractivity (Wildman–Crippen MR) is 72.2 cm³/mol. The van der Waals surface area contributed by atoms with Crippen molar-refractivity contribution in [2.45, 2.75) is 12.8 Å². The van der Waals surface area contributed by atoms with Crippen LogP contribution < -0.4 is 10.6 Å². The molecule has 100 valence electrons. The first-order valence-electron chi connectivity index (χ1n) is 5.99. The summed E-state index contributed by atoms with van der Waals surface area (Å²) in [6.45, 7) is 1.31. The summed E-state index contributed by atoms with van der Waals surface area (Å²) in [5.41, 5.74) is 8.16. The van der Waals surface area contributed by atoms with Gasteiger partial charge in [0.25, 0.3) is 0 Å². The maximum atomic E-state index is 10.9. The number of rotatable bonds is 2. The van der Waals surface area contributed by atoms with E-state index in [0.29, 0.717) is 31.7 Å². The Kier molecular flexibility index (Phi) is 2.94. The Morgan fingerprint density at radius 3 is 2.84 bits per heavy atom. The van der Waals surface area contributed by atoms with E-state index in [9.17, 15) is 4.79 Å². The van der Waals surface area contributed by atoms with E-state index in [4.69, 9.17) is 10.8 Å². The molecule has 7 nitrogen and oxygen atoms in total. The molecular weight excluding hydrogens is 266 g/mol. The molecule has 0 spiro atoms. The van der Waals surface area contributed by atoms with E-state index < -0.39 is 5.97 Å². The van der Waals surface area contributed by atoms with Gasteiger partial charge in [-0.1, -0.05) is 0 Å². The highest BCUT2D eigenvalue weighted by atomic mass is 32.1. The molecule has 0 amide bonds. The molecule has 0 atom stereocenters. The fraction of sp³-hybridized carbons (Fsp3) is 0.455. The van der Waals surface area contributed by atoms with Crippen molar-refractivity contribution in [3.05, 3.63) is 5.51 Å². The molecule has 0 saturated carbocycles. The van der Waals surface area contributed by atoms with E-state index >= 15 is 0 Å². The zero-order chi connectivity index (χ0) is 13.4. The van der Waals surface area contributed by atoms with Gasteiger partial charge >= 0.3 is 5.97 Å². The van der Waals surface area contributed by atoms with Crippen LogP contribution >= 0.6 is 11.3 Å². The lowest BCUT2D eigenvalue weighted by molar-refractivity contribution is -0.142. The van der Waals surface area contributed by atoms with Crippen molar-refractivity contribution < 1.29 is 9.90 Å². The highest BCUT2D eigenvalue weighted by Crippen LogP contribution is 2.29. The summed E-state index contributed by atoms with van der Waals surface area (Å²) < 4.78 is 0. The van der Waals surface area contributed by atoms with Crippen molar-refractivity contribution in [3.63, 3.8) is 0 Å². The third-order valence-corrected chi connectivity index (χ3v) is 4.06. The molecule has 8 heteroatoms. The topological polar surface area (TPSA) is 105 Å². The molecule has 3 heterocycles. The minimum absolute atomic E-state index is 0.229. The van der Waals surface area contributed by atoms with Gasteiger partial charge in [-0.05, 0) is 12.8 Å². The van der Waals surface area contributed by atoms with E-state index in [1.807, 2.05) is 4.90 Å². The van der Waals surface area contributed by atoms with Crippen molar-refractivity contribution in [1.82, 2.24) is 15.0 Å². The highest BCUT2D eigenvalue weighted by Gasteiger charge is 2.26. The number of aromatic nitrogens is 3. The molecule has 0 unspecified atom stereocenters. The van der Waals surface area contributed by atoms with Crippen LogP contribution in [0.2, 0.25) is 0 Å². The quantitative estimate of drug-likeness (QED) is 0.843. The summed E-state index contributed by atoms with van der Waals surface area (Å²) in [6.07, 6.45) is 1.23. The highest BCUT2D eigenvalue weighted by molar-refractivity contribution is 7.16. The van der Waals surface area contributed by atoms with Crippen LogP contribution in [0.1, 0.15) is 12.8 Å². The van der Waals surface area contributed by atoms with Gasteiger partial charge in [-0.15, -0.1) is 11.3 Å². The van der Waals surface area contributed by atoms with E-state index in [1.165, 1.54) is 11.3 Å². The minimum Gasteiger partial charge on any atom is -0.481 e. The minimum atomic E-state index is -0.722. The van der Waals surface area contributed by atoms with Gasteiger partial charge in [0.1, 0.15) is 5.52 Å². The number of hydrogen-bond donors (Lipinski definition) is 2. The summed E-state index contributed by atoms with van der Waals surface area (Å²) in [6, 6.07) is 0. The largest absolute Gasteiger partial charge is 0.481 e. The number of nitrogens with zero attached hydrogens (tertiary/aromatic N) is 4. The zero-order valence-electron chi connectivity index (χ0n) is 10.1. The Balaban J connectivity index is 1.89. The van der Waals surface area contributed by atoms with Gasteiger partial charge in [0.15, 0.2) is 10.6 Å². The number of piperidine rings is 1. The standard InChI is InChI=1S/C11H13N5O2S/c12-11-14-8(7-9(15-11)19-5-13-7)16-3-1-6(2-4-16)10(17)18/h5-6H,1-4H2,(H,17,18)(H2,12,14,15). The fourth-order valence-electron chi connectivity index (χ4n) is 2.32. The number of fused-ring (bicyclic) bond motifs is 1. The first kappa shape index (κ1) is 12.1. The molecule has 1 saturated heterocycles. The van der Waals surface area contributed by atoms with Crippen LogP contribution in [0.4, 0.5) is 11.8 Å². The van der Waals surface area contributed by atoms with Crippen molar-refractivity contribution in [1.29, 1.82) is 0 Å². The van der Waals surface area contributed by atoms with Crippen LogP contribution in [0, 0.1) is 5.92 Å². The molecule has 1 aliphatic heterocycles. The summed E-state index contributed by atoms with van der Waals surface area (Å²) >= 11 is 1.42. The second kappa shape index (κ2) is 4.61. The second-order valence-electron chi connectivity index (χ2n) is 4.51. The first-order chi connectivity index (χ1) is 9.15. The smallest absolute Gasteiger partial charge is 0.306 e. The summed E-state index contributed by atoms with van der Waals surface area (Å²) in [5, 5.41) is 9.00. The van der Waals surface area contributed by atoms with Crippen LogP contribution in [-0.2, 0) is 4.79 Å². The van der Waals surface area contributed by atoms with Gasteiger partial charge < -0.3 is 15.7 Å². The average molecular weight is 279 g/mol. The summed E-state index contributed by atoms with van der Waals surface area (Å²) in [4.78, 5) is 26.4. The number of carboxylic acid groups (broad SMARTS) is 1. The Hall–Kier alpha value is -1.96. The van der Waals surface area contributed by atoms with Crippen molar-refractivity contribution in [3.8, 4) is 0 Å². The lowest BCUT2D eigenvalue weighted by Gasteiger charge is -2.31. The van der Waals surface area contributed by atoms with Gasteiger partial charge in [0, 0.05) is 13.1 Å². The lowest BCUT2D eigenvalue weighted by atomic mass is 9.97. The number of carbonyl (C=O) groups is 1. The first-order valence-corrected chi connectivity index (χ1v) is 6.87. The van der Waals surface area contributed by atoms with Gasteiger partial charge in [-0.25, -0.2) is 9.97 Å². The van der Waals surface area contributed by atoms with Gasteiger partial charge in [-0.3, -0.25) is 4.79 Å². The third-order valence-electron chi connectivity index (χ3n) is 3.34. The molecule has 0 aromatic carbocycles. The van der Waals surface area contributed by atoms with Crippen molar-refractivity contribution in [2.24, 2.45) is 5.92 Å². The molecule has 1 aliphatic rings. The van der Waals surface area contributed by atoms with Crippen LogP contribution in [0.15, 0.2) is 5.51 Å². The number of nitrogens with two attached hydrogens (primary N) is 1. The van der Waals surface area contributed by atoms with Crippen LogP contribution in [0.25, 0.3) is 10.3 Å². The average Bonchev–Trinajstić information content (AvgIpc) is 2.85. The van der Waals surface area contributed by atoms with Crippen LogP contribution in [0.3, 0.4) is 0 Å². The molecule has 2 aromatic rings. The molecular formula is C11H13N5O2S. The van der Waals surface area contributed by atoms with Crippen molar-refractivity contribution >= 4 is 39.4 Å². The van der Waals surface area contributed by atoms with E-state index in [0.717, 1.165) is 10.3 Å². The molecule has 3 N–H and O–H groups in total. The van der Waals surface area contributed by atoms with E-state index in [2.05, 4.69) is 15.0 Å². The van der Waals surface area contributed by atoms with E-state index in [1.54, 1.807) is 5.51 Å². The Labute approximate surface area is 113 Å². The SMILES string of the molecule is Nc1nc(N2CCC(C(=O)O)CC2)c2ncsc2n1. The molecule has 0 bridgehead atoms. The zero-order valence-corrected chi connectivity index (χ0v) is 10.9. The Morgan fingerprint density at radius 1 is 1.42 bits per heavy atom. The number of thiazole rings is 1. The monoisotopic (exact) mass is 279 g/mol. The number of hydrogen-bond acceptors (Lipinski definition) is 7. The van der Waals surface area contributed by atoms with Gasteiger partial charge in [0.2, 0.25) is 5.95 Å². The van der Waals surface area contributed by atoms with Crippen molar-refractivity contribution in [2.75, 3.05) is 23.7 Å². The molecule has 3 rings (SSSR count). The van der Waals surface area contributed by atoms with Gasteiger partial charge in [0.05, 0.1) is 11.4 Å². The van der Waals surface area contributed by atoms with Crippen LogP contribution in [-0.4, -0.2) is 39.1 Å².